The van der Waals surface area contributed by atoms with E-state index < -0.39 is 0 Å². The Kier molecular flexibility index (Phi) is 3.19. The second-order valence-electron chi connectivity index (χ2n) is 5.46. The van der Waals surface area contributed by atoms with Gasteiger partial charge >= 0.3 is 0 Å². The fourth-order valence-corrected chi connectivity index (χ4v) is 3.93. The highest BCUT2D eigenvalue weighted by Crippen LogP contribution is 2.29. The Hall–Kier alpha value is -0.450. The highest BCUT2D eigenvalue weighted by atomic mass is 32.1. The number of thiazole rings is 1. The van der Waals surface area contributed by atoms with E-state index in [2.05, 4.69) is 34.4 Å². The molecule has 0 aliphatic carbocycles. The summed E-state index contributed by atoms with van der Waals surface area (Å²) < 4.78 is 0. The van der Waals surface area contributed by atoms with Crippen molar-refractivity contribution in [3.63, 3.8) is 0 Å². The highest BCUT2D eigenvalue weighted by molar-refractivity contribution is 7.09. The molecule has 3 saturated heterocycles. The average Bonchev–Trinajstić information content (AvgIpc) is 2.77. The molecule has 2 bridgehead atoms. The fourth-order valence-electron chi connectivity index (χ4n) is 3.12. The number of hydrogen-bond donors (Lipinski definition) is 1. The van der Waals surface area contributed by atoms with Gasteiger partial charge in [0.1, 0.15) is 5.01 Å². The summed E-state index contributed by atoms with van der Waals surface area (Å²) in [6.45, 7) is 8.18. The van der Waals surface area contributed by atoms with Gasteiger partial charge in [0.05, 0.1) is 6.04 Å². The van der Waals surface area contributed by atoms with E-state index in [9.17, 15) is 0 Å². The molecular formula is C13H21N3S. The first-order valence-electron chi connectivity index (χ1n) is 6.63. The van der Waals surface area contributed by atoms with E-state index in [0.29, 0.717) is 12.1 Å². The van der Waals surface area contributed by atoms with Crippen molar-refractivity contribution in [3.8, 4) is 0 Å². The molecule has 3 fully saturated rings. The van der Waals surface area contributed by atoms with E-state index in [0.717, 1.165) is 11.6 Å². The van der Waals surface area contributed by atoms with Crippen LogP contribution >= 0.6 is 11.3 Å². The van der Waals surface area contributed by atoms with E-state index in [4.69, 9.17) is 0 Å². The van der Waals surface area contributed by atoms with Gasteiger partial charge in [0, 0.05) is 23.7 Å². The first kappa shape index (κ1) is 11.6. The molecule has 4 heterocycles. The third-order valence-electron chi connectivity index (χ3n) is 4.13. The minimum Gasteiger partial charge on any atom is -0.304 e. The quantitative estimate of drug-likeness (QED) is 0.892. The first-order chi connectivity index (χ1) is 8.22. The van der Waals surface area contributed by atoms with Crippen LogP contribution in [0.3, 0.4) is 0 Å². The van der Waals surface area contributed by atoms with Crippen molar-refractivity contribution < 1.29 is 0 Å². The molecule has 1 aromatic heterocycles. The van der Waals surface area contributed by atoms with Crippen LogP contribution in [0.2, 0.25) is 0 Å². The van der Waals surface area contributed by atoms with Crippen LogP contribution in [0.15, 0.2) is 5.38 Å². The predicted octanol–water partition coefficient (Wildman–Crippen LogP) is 2.20. The molecule has 94 valence electrons. The van der Waals surface area contributed by atoms with Crippen molar-refractivity contribution in [2.45, 2.75) is 38.8 Å². The van der Waals surface area contributed by atoms with Crippen molar-refractivity contribution in [2.24, 2.45) is 5.92 Å². The smallest absolute Gasteiger partial charge is 0.110 e. The summed E-state index contributed by atoms with van der Waals surface area (Å²) in [5.41, 5.74) is 1.15. The third-order valence-corrected chi connectivity index (χ3v) is 5.27. The summed E-state index contributed by atoms with van der Waals surface area (Å²) in [6.07, 6.45) is 2.75. The van der Waals surface area contributed by atoms with Gasteiger partial charge in [-0.05, 0) is 45.7 Å². The Morgan fingerprint density at radius 3 is 2.76 bits per heavy atom. The Morgan fingerprint density at radius 2 is 2.24 bits per heavy atom. The molecule has 4 rings (SSSR count). The Balaban J connectivity index is 1.63. The number of aromatic nitrogens is 1. The summed E-state index contributed by atoms with van der Waals surface area (Å²) >= 11 is 1.78. The predicted molar refractivity (Wildman–Crippen MR) is 71.4 cm³/mol. The zero-order valence-corrected chi connectivity index (χ0v) is 11.5. The topological polar surface area (TPSA) is 28.2 Å². The molecule has 3 aliphatic rings. The molecule has 0 amide bonds. The number of nitrogens with zero attached hydrogens (tertiary/aromatic N) is 2. The van der Waals surface area contributed by atoms with Gasteiger partial charge in [-0.3, -0.25) is 0 Å². The standard InChI is InChI=1S/C13H21N3S/c1-9-8-17-13(14-9)10(2)15-12-7-16-5-3-11(12)4-6-16/h8,10-12,15H,3-7H2,1-2H3. The van der Waals surface area contributed by atoms with Crippen LogP contribution in [-0.4, -0.2) is 35.6 Å². The van der Waals surface area contributed by atoms with Crippen LogP contribution in [0.1, 0.15) is 36.5 Å². The minimum atomic E-state index is 0.402. The molecule has 1 N–H and O–H groups in total. The lowest BCUT2D eigenvalue weighted by molar-refractivity contribution is 0.0680. The summed E-state index contributed by atoms with van der Waals surface area (Å²) in [7, 11) is 0. The van der Waals surface area contributed by atoms with Crippen molar-refractivity contribution >= 4 is 11.3 Å². The highest BCUT2D eigenvalue weighted by Gasteiger charge is 2.34. The Labute approximate surface area is 107 Å². The maximum absolute atomic E-state index is 4.58. The second kappa shape index (κ2) is 4.67. The maximum atomic E-state index is 4.58. The second-order valence-corrected chi connectivity index (χ2v) is 6.35. The van der Waals surface area contributed by atoms with Crippen molar-refractivity contribution in [1.29, 1.82) is 0 Å². The van der Waals surface area contributed by atoms with Crippen LogP contribution in [0.25, 0.3) is 0 Å². The van der Waals surface area contributed by atoms with Gasteiger partial charge in [-0.2, -0.15) is 0 Å². The van der Waals surface area contributed by atoms with Gasteiger partial charge in [0.2, 0.25) is 0 Å². The molecule has 17 heavy (non-hydrogen) atoms. The van der Waals surface area contributed by atoms with Crippen LogP contribution in [0.5, 0.6) is 0 Å². The molecule has 3 nitrogen and oxygen atoms in total. The molecule has 2 atom stereocenters. The molecule has 1 aromatic rings. The van der Waals surface area contributed by atoms with E-state index in [1.54, 1.807) is 11.3 Å². The van der Waals surface area contributed by atoms with Gasteiger partial charge in [0.15, 0.2) is 0 Å². The van der Waals surface area contributed by atoms with E-state index in [1.165, 1.54) is 37.5 Å². The number of fused-ring (bicyclic) bond motifs is 3. The SMILES string of the molecule is Cc1csc(C(C)NC2CN3CCC2CC3)n1. The van der Waals surface area contributed by atoms with Gasteiger partial charge in [0.25, 0.3) is 0 Å². The molecule has 4 heteroatoms. The Bertz CT molecular complexity index is 382. The number of hydrogen-bond acceptors (Lipinski definition) is 4. The minimum absolute atomic E-state index is 0.402. The summed E-state index contributed by atoms with van der Waals surface area (Å²) in [6, 6.07) is 1.08. The van der Waals surface area contributed by atoms with Crippen LogP contribution in [0, 0.1) is 12.8 Å². The summed E-state index contributed by atoms with van der Waals surface area (Å²) in [5.74, 6) is 0.892. The fraction of sp³-hybridized carbons (Fsp3) is 0.769. The molecule has 3 aliphatic heterocycles. The first-order valence-corrected chi connectivity index (χ1v) is 7.51. The van der Waals surface area contributed by atoms with E-state index >= 15 is 0 Å². The molecule has 0 aromatic carbocycles. The Morgan fingerprint density at radius 1 is 1.47 bits per heavy atom. The van der Waals surface area contributed by atoms with E-state index in [-0.39, 0.29) is 0 Å². The lowest BCUT2D eigenvalue weighted by atomic mass is 9.84. The zero-order chi connectivity index (χ0) is 11.8. The molecule has 2 unspecified atom stereocenters. The summed E-state index contributed by atoms with van der Waals surface area (Å²) in [5, 5.41) is 7.16. The molecule has 0 saturated carbocycles. The van der Waals surface area contributed by atoms with Gasteiger partial charge in [-0.1, -0.05) is 0 Å². The maximum Gasteiger partial charge on any atom is 0.110 e. The van der Waals surface area contributed by atoms with Crippen LogP contribution < -0.4 is 5.32 Å². The monoisotopic (exact) mass is 251 g/mol. The zero-order valence-electron chi connectivity index (χ0n) is 10.6. The molecular weight excluding hydrogens is 230 g/mol. The van der Waals surface area contributed by atoms with Crippen molar-refractivity contribution in [2.75, 3.05) is 19.6 Å². The number of nitrogens with one attached hydrogen (secondary N) is 1. The van der Waals surface area contributed by atoms with E-state index in [1.807, 2.05) is 0 Å². The van der Waals surface area contributed by atoms with Crippen LogP contribution in [-0.2, 0) is 0 Å². The number of piperidine rings is 3. The van der Waals surface area contributed by atoms with Crippen molar-refractivity contribution in [1.82, 2.24) is 15.2 Å². The number of aryl methyl sites for hydroxylation is 1. The molecule has 0 spiro atoms. The van der Waals surface area contributed by atoms with Crippen LogP contribution in [0.4, 0.5) is 0 Å². The average molecular weight is 251 g/mol. The normalized spacial score (nSPS) is 33.9. The van der Waals surface area contributed by atoms with Gasteiger partial charge < -0.3 is 10.2 Å². The third kappa shape index (κ3) is 2.39. The lowest BCUT2D eigenvalue weighted by Gasteiger charge is -2.45. The largest absolute Gasteiger partial charge is 0.304 e. The summed E-state index contributed by atoms with van der Waals surface area (Å²) in [4.78, 5) is 7.18. The van der Waals surface area contributed by atoms with Crippen molar-refractivity contribution in [3.05, 3.63) is 16.1 Å². The lowest BCUT2D eigenvalue weighted by Crippen LogP contribution is -2.56. The van der Waals surface area contributed by atoms with Gasteiger partial charge in [-0.25, -0.2) is 4.98 Å². The van der Waals surface area contributed by atoms with Gasteiger partial charge in [-0.15, -0.1) is 11.3 Å². The molecule has 0 radical (unpaired) electrons. The number of rotatable bonds is 3.